The second-order valence-electron chi connectivity index (χ2n) is 6.38. The Labute approximate surface area is 159 Å². The van der Waals surface area contributed by atoms with Crippen LogP contribution in [0.15, 0.2) is 48.9 Å². The predicted octanol–water partition coefficient (Wildman–Crippen LogP) is -0.626. The van der Waals surface area contributed by atoms with Crippen molar-refractivity contribution in [1.29, 1.82) is 0 Å². The summed E-state index contributed by atoms with van der Waals surface area (Å²) < 4.78 is 6.92. The number of hydrogen-bond acceptors (Lipinski definition) is 9. The van der Waals surface area contributed by atoms with Crippen LogP contribution in [-0.4, -0.2) is 76.2 Å². The Morgan fingerprint density at radius 1 is 1.00 bits per heavy atom. The highest BCUT2D eigenvalue weighted by atomic mass is 16.6. The lowest BCUT2D eigenvalue weighted by Gasteiger charge is -2.40. The third-order valence-electron chi connectivity index (χ3n) is 4.56. The van der Waals surface area contributed by atoms with Crippen LogP contribution in [0, 0.1) is 0 Å². The average Bonchev–Trinajstić information content (AvgIpc) is 3.19. The molecular weight excluding hydrogens is 366 g/mol. The molecule has 28 heavy (non-hydrogen) atoms. The van der Waals surface area contributed by atoms with Gasteiger partial charge in [0, 0.05) is 18.0 Å². The second kappa shape index (κ2) is 7.70. The van der Waals surface area contributed by atoms with Crippen molar-refractivity contribution >= 4 is 0 Å². The summed E-state index contributed by atoms with van der Waals surface area (Å²) in [6.45, 7) is -0.540. The lowest BCUT2D eigenvalue weighted by molar-refractivity contribution is -0.253. The molecule has 2 aromatic heterocycles. The largest absolute Gasteiger partial charge is 0.394 e. The van der Waals surface area contributed by atoms with Gasteiger partial charge in [-0.05, 0) is 0 Å². The molecule has 4 rings (SSSR count). The normalized spacial score (nSPS) is 27.6. The van der Waals surface area contributed by atoms with Crippen molar-refractivity contribution in [1.82, 2.24) is 24.7 Å². The molecule has 146 valence electrons. The number of aliphatic hydroxyl groups excluding tert-OH is 4. The van der Waals surface area contributed by atoms with Crippen LogP contribution < -0.4 is 0 Å². The highest BCUT2D eigenvalue weighted by molar-refractivity contribution is 5.59. The highest BCUT2D eigenvalue weighted by Gasteiger charge is 2.45. The summed E-state index contributed by atoms with van der Waals surface area (Å²) in [4.78, 5) is 12.8. The molecule has 0 amide bonds. The fourth-order valence-electron chi connectivity index (χ4n) is 3.08. The van der Waals surface area contributed by atoms with Gasteiger partial charge in [-0.3, -0.25) is 4.98 Å². The van der Waals surface area contributed by atoms with Gasteiger partial charge in [0.2, 0.25) is 0 Å². The Morgan fingerprint density at radius 3 is 2.46 bits per heavy atom. The van der Waals surface area contributed by atoms with Crippen LogP contribution in [0.3, 0.4) is 0 Å². The fraction of sp³-hybridized carbons (Fsp3) is 0.333. The number of benzene rings is 1. The van der Waals surface area contributed by atoms with Crippen LogP contribution in [-0.2, 0) is 4.74 Å². The van der Waals surface area contributed by atoms with Crippen LogP contribution in [0.1, 0.15) is 6.23 Å². The molecule has 0 unspecified atom stereocenters. The van der Waals surface area contributed by atoms with E-state index in [1.807, 2.05) is 30.3 Å². The van der Waals surface area contributed by atoms with Crippen LogP contribution >= 0.6 is 0 Å². The summed E-state index contributed by atoms with van der Waals surface area (Å²) in [6, 6.07) is 9.19. The van der Waals surface area contributed by atoms with Crippen molar-refractivity contribution in [3.8, 4) is 22.9 Å². The molecule has 1 fully saturated rings. The Kier molecular flexibility index (Phi) is 5.11. The van der Waals surface area contributed by atoms with Crippen LogP contribution in [0.2, 0.25) is 0 Å². The maximum atomic E-state index is 10.5. The van der Waals surface area contributed by atoms with Gasteiger partial charge in [0.15, 0.2) is 17.9 Å². The summed E-state index contributed by atoms with van der Waals surface area (Å²) in [5.74, 6) is 0.620. The van der Waals surface area contributed by atoms with E-state index in [4.69, 9.17) is 4.74 Å². The van der Waals surface area contributed by atoms with Gasteiger partial charge < -0.3 is 25.2 Å². The molecule has 4 N–H and O–H groups in total. The van der Waals surface area contributed by atoms with Gasteiger partial charge in [-0.15, -0.1) is 5.10 Å². The van der Waals surface area contributed by atoms with E-state index in [9.17, 15) is 20.4 Å². The van der Waals surface area contributed by atoms with Gasteiger partial charge in [0.1, 0.15) is 30.1 Å². The molecule has 10 nitrogen and oxygen atoms in total. The van der Waals surface area contributed by atoms with Crippen molar-refractivity contribution in [2.24, 2.45) is 0 Å². The molecule has 1 aromatic carbocycles. The van der Waals surface area contributed by atoms with E-state index < -0.39 is 37.3 Å². The van der Waals surface area contributed by atoms with Gasteiger partial charge in [-0.25, -0.2) is 14.6 Å². The highest BCUT2D eigenvalue weighted by Crippen LogP contribution is 2.32. The molecule has 3 aromatic rings. The van der Waals surface area contributed by atoms with Crippen molar-refractivity contribution in [3.63, 3.8) is 0 Å². The van der Waals surface area contributed by atoms with Gasteiger partial charge >= 0.3 is 0 Å². The van der Waals surface area contributed by atoms with E-state index in [0.717, 1.165) is 5.56 Å². The van der Waals surface area contributed by atoms with Crippen LogP contribution in [0.25, 0.3) is 22.9 Å². The van der Waals surface area contributed by atoms with E-state index in [-0.39, 0.29) is 5.82 Å². The lowest BCUT2D eigenvalue weighted by Crippen LogP contribution is -2.56. The van der Waals surface area contributed by atoms with Crippen molar-refractivity contribution in [3.05, 3.63) is 48.9 Å². The minimum absolute atomic E-state index is 0.260. The first-order valence-electron chi connectivity index (χ1n) is 8.69. The molecule has 1 saturated heterocycles. The standard InChI is InChI=1S/C18H19N5O5/c24-9-12-13(25)14(26)15(27)18(28-12)23-17(11-8-19-6-7-20-11)21-16(22-23)10-4-2-1-3-5-10/h1-8,12-15,18,24-27H,9H2/t12-,13-,14+,15-,18-/m1/s1. The summed E-state index contributed by atoms with van der Waals surface area (Å²) in [6.07, 6.45) is -2.28. The molecule has 1 aliphatic heterocycles. The first kappa shape index (κ1) is 18.6. The van der Waals surface area contributed by atoms with Crippen molar-refractivity contribution < 1.29 is 25.2 Å². The number of nitrogens with zero attached hydrogens (tertiary/aromatic N) is 5. The maximum Gasteiger partial charge on any atom is 0.181 e. The second-order valence-corrected chi connectivity index (χ2v) is 6.38. The van der Waals surface area contributed by atoms with E-state index in [1.54, 1.807) is 0 Å². The zero-order valence-corrected chi connectivity index (χ0v) is 14.6. The molecule has 3 heterocycles. The van der Waals surface area contributed by atoms with Crippen LogP contribution in [0.5, 0.6) is 0 Å². The van der Waals surface area contributed by atoms with E-state index in [1.165, 1.54) is 23.3 Å². The summed E-state index contributed by atoms with van der Waals surface area (Å²) in [5, 5.41) is 44.5. The zero-order chi connectivity index (χ0) is 19.7. The number of rotatable bonds is 4. The van der Waals surface area contributed by atoms with Crippen LogP contribution in [0.4, 0.5) is 0 Å². The molecule has 5 atom stereocenters. The minimum Gasteiger partial charge on any atom is -0.394 e. The average molecular weight is 385 g/mol. The Balaban J connectivity index is 1.82. The number of aromatic nitrogens is 5. The lowest BCUT2D eigenvalue weighted by atomic mass is 9.98. The van der Waals surface area contributed by atoms with Crippen molar-refractivity contribution in [2.45, 2.75) is 30.6 Å². The predicted molar refractivity (Wildman–Crippen MR) is 95.5 cm³/mol. The first-order valence-corrected chi connectivity index (χ1v) is 8.69. The quantitative estimate of drug-likeness (QED) is 0.461. The molecule has 0 radical (unpaired) electrons. The SMILES string of the molecule is OC[C@H]1O[C@@H](n2nc(-c3ccccc3)nc2-c2cnccn2)[C@H](O)[C@@H](O)[C@@H]1O. The van der Waals surface area contributed by atoms with Gasteiger partial charge in [-0.1, -0.05) is 30.3 Å². The summed E-state index contributed by atoms with van der Waals surface area (Å²) >= 11 is 0. The van der Waals surface area contributed by atoms with E-state index in [0.29, 0.717) is 11.5 Å². The Morgan fingerprint density at radius 2 is 1.79 bits per heavy atom. The fourth-order valence-corrected chi connectivity index (χ4v) is 3.08. The van der Waals surface area contributed by atoms with Gasteiger partial charge in [0.25, 0.3) is 0 Å². The maximum absolute atomic E-state index is 10.5. The Bertz CT molecular complexity index is 921. The van der Waals surface area contributed by atoms with E-state index >= 15 is 0 Å². The Hall–Kier alpha value is -2.76. The van der Waals surface area contributed by atoms with Gasteiger partial charge in [-0.2, -0.15) is 0 Å². The third-order valence-corrected chi connectivity index (χ3v) is 4.56. The number of aliphatic hydroxyl groups is 4. The number of hydrogen-bond donors (Lipinski definition) is 4. The zero-order valence-electron chi connectivity index (χ0n) is 14.6. The summed E-state index contributed by atoms with van der Waals surface area (Å²) in [7, 11) is 0. The first-order chi connectivity index (χ1) is 13.6. The molecular formula is C18H19N5O5. The molecule has 10 heteroatoms. The smallest absolute Gasteiger partial charge is 0.181 e. The monoisotopic (exact) mass is 385 g/mol. The molecule has 0 spiro atoms. The number of ether oxygens (including phenoxy) is 1. The molecule has 1 aliphatic rings. The topological polar surface area (TPSA) is 147 Å². The minimum atomic E-state index is -1.53. The van der Waals surface area contributed by atoms with E-state index in [2.05, 4.69) is 20.1 Å². The van der Waals surface area contributed by atoms with Gasteiger partial charge in [0.05, 0.1) is 12.8 Å². The summed E-state index contributed by atoms with van der Waals surface area (Å²) in [5.41, 5.74) is 1.12. The molecule has 0 saturated carbocycles. The molecule has 0 bridgehead atoms. The third kappa shape index (κ3) is 3.28. The van der Waals surface area contributed by atoms with Crippen molar-refractivity contribution in [2.75, 3.05) is 6.61 Å². The molecule has 0 aliphatic carbocycles.